The van der Waals surface area contributed by atoms with Gasteiger partial charge in [0, 0.05) is 18.4 Å². The number of benzene rings is 1. The number of carbonyl (C=O) groups excluding carboxylic acids is 1. The van der Waals surface area contributed by atoms with Crippen LogP contribution in [-0.4, -0.2) is 21.2 Å². The van der Waals surface area contributed by atoms with Crippen molar-refractivity contribution in [2.24, 2.45) is 5.73 Å². The number of nitrogens with one attached hydrogen (secondary N) is 1. The molecule has 3 N–H and O–H groups in total. The Bertz CT molecular complexity index is 652. The third-order valence-corrected chi connectivity index (χ3v) is 4.09. The molecule has 0 bridgehead atoms. The number of halogens is 2. The van der Waals surface area contributed by atoms with E-state index in [0.29, 0.717) is 0 Å². The Balaban J connectivity index is 0.00000176. The van der Waals surface area contributed by atoms with Gasteiger partial charge in [0.25, 0.3) is 0 Å². The van der Waals surface area contributed by atoms with Crippen LogP contribution >= 0.6 is 28.3 Å². The fraction of sp³-hybridized carbons (Fsp3) is 0.333. The van der Waals surface area contributed by atoms with Crippen LogP contribution in [0.15, 0.2) is 41.1 Å². The lowest BCUT2D eigenvalue weighted by atomic mass is 10.1. The molecule has 1 aromatic heterocycles. The molecule has 0 radical (unpaired) electrons. The minimum absolute atomic E-state index is 0. The molecule has 1 aromatic carbocycles. The number of amides is 1. The number of nitrogens with zero attached hydrogens (tertiary/aromatic N) is 2. The maximum absolute atomic E-state index is 11.8. The van der Waals surface area contributed by atoms with Crippen LogP contribution in [0.2, 0.25) is 0 Å². The SMILES string of the molecule is Cl.NC1(C(=O)Nc2ccc(CCn3cc(Br)cn3)cc2)CC1. The largest absolute Gasteiger partial charge is 0.324 e. The van der Waals surface area contributed by atoms with Crippen molar-refractivity contribution in [3.05, 3.63) is 46.7 Å². The van der Waals surface area contributed by atoms with E-state index in [9.17, 15) is 4.79 Å². The molecule has 0 atom stereocenters. The predicted molar refractivity (Wildman–Crippen MR) is 92.1 cm³/mol. The van der Waals surface area contributed by atoms with Crippen molar-refractivity contribution in [2.45, 2.75) is 31.3 Å². The molecule has 0 saturated heterocycles. The molecule has 1 saturated carbocycles. The van der Waals surface area contributed by atoms with E-state index in [4.69, 9.17) is 5.73 Å². The van der Waals surface area contributed by atoms with E-state index in [0.717, 1.165) is 36.0 Å². The van der Waals surface area contributed by atoms with Gasteiger partial charge in [-0.2, -0.15) is 5.10 Å². The van der Waals surface area contributed by atoms with E-state index in [1.807, 2.05) is 35.1 Å². The zero-order valence-corrected chi connectivity index (χ0v) is 14.4. The van der Waals surface area contributed by atoms with Gasteiger partial charge in [-0.05, 0) is 52.9 Å². The highest BCUT2D eigenvalue weighted by molar-refractivity contribution is 9.10. The van der Waals surface area contributed by atoms with Crippen LogP contribution in [0.1, 0.15) is 18.4 Å². The molecule has 118 valence electrons. The van der Waals surface area contributed by atoms with Gasteiger partial charge >= 0.3 is 0 Å². The number of rotatable bonds is 5. The summed E-state index contributed by atoms with van der Waals surface area (Å²) in [6.07, 6.45) is 6.17. The van der Waals surface area contributed by atoms with Crippen LogP contribution < -0.4 is 11.1 Å². The molecule has 0 spiro atoms. The van der Waals surface area contributed by atoms with Crippen molar-refractivity contribution in [3.8, 4) is 0 Å². The van der Waals surface area contributed by atoms with Gasteiger partial charge in [-0.25, -0.2) is 0 Å². The average molecular weight is 386 g/mol. The van der Waals surface area contributed by atoms with Crippen LogP contribution in [-0.2, 0) is 17.8 Å². The van der Waals surface area contributed by atoms with E-state index in [1.54, 1.807) is 6.20 Å². The third-order valence-electron chi connectivity index (χ3n) is 3.68. The molecular weight excluding hydrogens is 368 g/mol. The van der Waals surface area contributed by atoms with E-state index in [2.05, 4.69) is 26.3 Å². The number of aryl methyl sites for hydroxylation is 2. The first-order chi connectivity index (χ1) is 10.0. The number of aromatic nitrogens is 2. The van der Waals surface area contributed by atoms with Gasteiger partial charge in [0.2, 0.25) is 5.91 Å². The Kier molecular flexibility index (Phi) is 5.26. The van der Waals surface area contributed by atoms with Crippen LogP contribution in [0.4, 0.5) is 5.69 Å². The van der Waals surface area contributed by atoms with Crippen LogP contribution in [0, 0.1) is 0 Å². The first-order valence-corrected chi connectivity index (χ1v) is 7.72. The van der Waals surface area contributed by atoms with Crippen molar-refractivity contribution in [3.63, 3.8) is 0 Å². The van der Waals surface area contributed by atoms with Gasteiger partial charge in [-0.1, -0.05) is 12.1 Å². The third kappa shape index (κ3) is 4.09. The molecule has 22 heavy (non-hydrogen) atoms. The molecular formula is C15H18BrClN4O. The van der Waals surface area contributed by atoms with Crippen molar-refractivity contribution >= 4 is 39.9 Å². The second kappa shape index (κ2) is 6.81. The second-order valence-electron chi connectivity index (χ2n) is 5.48. The summed E-state index contributed by atoms with van der Waals surface area (Å²) in [5.41, 5.74) is 7.22. The molecule has 1 fully saturated rings. The summed E-state index contributed by atoms with van der Waals surface area (Å²) >= 11 is 3.38. The Morgan fingerprint density at radius 3 is 2.59 bits per heavy atom. The Morgan fingerprint density at radius 1 is 1.36 bits per heavy atom. The normalized spacial score (nSPS) is 15.0. The lowest BCUT2D eigenvalue weighted by molar-refractivity contribution is -0.118. The Labute approximate surface area is 143 Å². The number of anilines is 1. The van der Waals surface area contributed by atoms with Gasteiger partial charge < -0.3 is 11.1 Å². The summed E-state index contributed by atoms with van der Waals surface area (Å²) in [4.78, 5) is 11.8. The van der Waals surface area contributed by atoms with Gasteiger partial charge in [0.15, 0.2) is 0 Å². The molecule has 0 unspecified atom stereocenters. The first-order valence-electron chi connectivity index (χ1n) is 6.92. The van der Waals surface area contributed by atoms with E-state index < -0.39 is 5.54 Å². The van der Waals surface area contributed by atoms with Gasteiger partial charge in [0.1, 0.15) is 0 Å². The molecule has 0 aliphatic heterocycles. The monoisotopic (exact) mass is 384 g/mol. The van der Waals surface area contributed by atoms with E-state index in [-0.39, 0.29) is 18.3 Å². The maximum Gasteiger partial charge on any atom is 0.244 e. The van der Waals surface area contributed by atoms with Crippen molar-refractivity contribution in [1.29, 1.82) is 0 Å². The highest BCUT2D eigenvalue weighted by Crippen LogP contribution is 2.33. The van der Waals surface area contributed by atoms with Crippen LogP contribution in [0.5, 0.6) is 0 Å². The lowest BCUT2D eigenvalue weighted by Crippen LogP contribution is -2.37. The standard InChI is InChI=1S/C15H17BrN4O.ClH/c16-12-9-18-20(10-12)8-5-11-1-3-13(4-2-11)19-14(21)15(17)6-7-15;/h1-4,9-10H,5-8,17H2,(H,19,21);1H. The van der Waals surface area contributed by atoms with Crippen LogP contribution in [0.3, 0.4) is 0 Å². The second-order valence-corrected chi connectivity index (χ2v) is 6.39. The summed E-state index contributed by atoms with van der Waals surface area (Å²) in [6.45, 7) is 0.823. The zero-order chi connectivity index (χ0) is 14.9. The number of carbonyl (C=O) groups is 1. The van der Waals surface area contributed by atoms with E-state index >= 15 is 0 Å². The smallest absolute Gasteiger partial charge is 0.244 e. The topological polar surface area (TPSA) is 72.9 Å². The van der Waals surface area contributed by atoms with Crippen LogP contribution in [0.25, 0.3) is 0 Å². The molecule has 1 amide bonds. The number of nitrogens with two attached hydrogens (primary N) is 1. The molecule has 2 aromatic rings. The molecule has 3 rings (SSSR count). The zero-order valence-electron chi connectivity index (χ0n) is 12.0. The maximum atomic E-state index is 11.8. The summed E-state index contributed by atoms with van der Waals surface area (Å²) in [7, 11) is 0. The van der Waals surface area contributed by atoms with Gasteiger partial charge in [-0.15, -0.1) is 12.4 Å². The fourth-order valence-corrected chi connectivity index (χ4v) is 2.40. The number of hydrogen-bond acceptors (Lipinski definition) is 3. The molecule has 7 heteroatoms. The number of hydrogen-bond donors (Lipinski definition) is 2. The summed E-state index contributed by atoms with van der Waals surface area (Å²) < 4.78 is 2.88. The van der Waals surface area contributed by atoms with E-state index in [1.165, 1.54) is 5.56 Å². The average Bonchev–Trinajstić information content (AvgIpc) is 3.09. The minimum atomic E-state index is -0.633. The molecule has 5 nitrogen and oxygen atoms in total. The van der Waals surface area contributed by atoms with Gasteiger partial charge in [0.05, 0.1) is 16.2 Å². The summed E-state index contributed by atoms with van der Waals surface area (Å²) in [6, 6.07) is 7.87. The first kappa shape index (κ1) is 17.0. The summed E-state index contributed by atoms with van der Waals surface area (Å²) in [5.74, 6) is -0.0864. The van der Waals surface area contributed by atoms with Crippen molar-refractivity contribution in [2.75, 3.05) is 5.32 Å². The summed E-state index contributed by atoms with van der Waals surface area (Å²) in [5, 5.41) is 7.08. The quantitative estimate of drug-likeness (QED) is 0.831. The van der Waals surface area contributed by atoms with Crippen molar-refractivity contribution in [1.82, 2.24) is 9.78 Å². The highest BCUT2D eigenvalue weighted by atomic mass is 79.9. The minimum Gasteiger partial charge on any atom is -0.324 e. The molecule has 1 aliphatic carbocycles. The predicted octanol–water partition coefficient (Wildman–Crippen LogP) is 2.74. The fourth-order valence-electron chi connectivity index (χ4n) is 2.08. The Hall–Kier alpha value is -1.37. The highest BCUT2D eigenvalue weighted by Gasteiger charge is 2.45. The Morgan fingerprint density at radius 2 is 2.05 bits per heavy atom. The molecule has 1 aliphatic rings. The molecule has 1 heterocycles. The van der Waals surface area contributed by atoms with Gasteiger partial charge in [-0.3, -0.25) is 9.48 Å². The lowest BCUT2D eigenvalue weighted by Gasteiger charge is -2.10. The van der Waals surface area contributed by atoms with Crippen molar-refractivity contribution < 1.29 is 4.79 Å².